The number of nitrogens with zero attached hydrogens (tertiary/aromatic N) is 3. The molecule has 0 spiro atoms. The second-order valence-electron chi connectivity index (χ2n) is 8.36. The summed E-state index contributed by atoms with van der Waals surface area (Å²) in [7, 11) is 5.60. The molecule has 7 heteroatoms. The van der Waals surface area contributed by atoms with Gasteiger partial charge in [-0.05, 0) is 54.1 Å². The van der Waals surface area contributed by atoms with Crippen LogP contribution in [0.1, 0.15) is 16.1 Å². The van der Waals surface area contributed by atoms with Gasteiger partial charge in [0, 0.05) is 41.6 Å². The molecular formula is C28H25N5O2. The second-order valence-corrected chi connectivity index (χ2v) is 8.36. The van der Waals surface area contributed by atoms with Crippen molar-refractivity contribution in [3.8, 4) is 17.0 Å². The number of carbonyl (C=O) groups is 1. The molecule has 0 saturated heterocycles. The van der Waals surface area contributed by atoms with E-state index < -0.39 is 0 Å². The van der Waals surface area contributed by atoms with E-state index in [1.807, 2.05) is 91.8 Å². The number of amides is 1. The van der Waals surface area contributed by atoms with Crippen LogP contribution in [0.15, 0.2) is 84.0 Å². The summed E-state index contributed by atoms with van der Waals surface area (Å²) < 4.78 is 5.29. The molecule has 2 N–H and O–H groups in total. The minimum Gasteiger partial charge on any atom is -0.497 e. The fraction of sp³-hybridized carbons (Fsp3) is 0.107. The Hall–Kier alpha value is -4.65. The first-order chi connectivity index (χ1) is 17.0. The van der Waals surface area contributed by atoms with Crippen LogP contribution in [-0.4, -0.2) is 43.3 Å². The summed E-state index contributed by atoms with van der Waals surface area (Å²) in [6.45, 7) is 0. The Morgan fingerprint density at radius 2 is 1.74 bits per heavy atom. The van der Waals surface area contributed by atoms with Crippen LogP contribution in [-0.2, 0) is 0 Å². The zero-order valence-corrected chi connectivity index (χ0v) is 19.7. The molecule has 0 aliphatic carbocycles. The average molecular weight is 464 g/mol. The minimum absolute atomic E-state index is 0.285. The number of nitrogens with one attached hydrogen (secondary N) is 2. The molecule has 35 heavy (non-hydrogen) atoms. The summed E-state index contributed by atoms with van der Waals surface area (Å²) in [5, 5.41) is 6.10. The highest BCUT2D eigenvalue weighted by Crippen LogP contribution is 2.33. The first-order valence-corrected chi connectivity index (χ1v) is 11.2. The number of para-hydroxylation sites is 1. The fourth-order valence-electron chi connectivity index (χ4n) is 4.00. The van der Waals surface area contributed by atoms with Gasteiger partial charge in [0.15, 0.2) is 0 Å². The highest BCUT2D eigenvalue weighted by atomic mass is 16.5. The Balaban J connectivity index is 1.50. The minimum atomic E-state index is -0.381. The number of benzene rings is 3. The number of aromatic nitrogens is 2. The summed E-state index contributed by atoms with van der Waals surface area (Å²) in [5.41, 5.74) is 8.30. The van der Waals surface area contributed by atoms with Gasteiger partial charge in [0.25, 0.3) is 5.91 Å². The maximum Gasteiger partial charge on any atom is 0.289 e. The van der Waals surface area contributed by atoms with Gasteiger partial charge in [0.1, 0.15) is 11.4 Å². The van der Waals surface area contributed by atoms with Crippen molar-refractivity contribution in [2.75, 3.05) is 26.1 Å². The highest BCUT2D eigenvalue weighted by molar-refractivity contribution is 6.13. The van der Waals surface area contributed by atoms with Gasteiger partial charge in [-0.1, -0.05) is 30.3 Å². The van der Waals surface area contributed by atoms with Crippen molar-refractivity contribution in [1.82, 2.24) is 15.4 Å². The van der Waals surface area contributed by atoms with E-state index in [2.05, 4.69) is 15.5 Å². The van der Waals surface area contributed by atoms with Gasteiger partial charge in [-0.2, -0.15) is 5.10 Å². The van der Waals surface area contributed by atoms with Gasteiger partial charge in [-0.3, -0.25) is 4.79 Å². The fourth-order valence-corrected chi connectivity index (χ4v) is 4.00. The third-order valence-electron chi connectivity index (χ3n) is 5.88. The number of hydrogen-bond acceptors (Lipinski definition) is 5. The average Bonchev–Trinajstić information content (AvgIpc) is 3.27. The number of aromatic amines is 1. The van der Waals surface area contributed by atoms with E-state index in [4.69, 9.17) is 9.72 Å². The summed E-state index contributed by atoms with van der Waals surface area (Å²) in [6.07, 6.45) is 1.62. The van der Waals surface area contributed by atoms with Crippen LogP contribution in [0, 0.1) is 0 Å². The molecule has 1 amide bonds. The molecular weight excluding hydrogens is 438 g/mol. The van der Waals surface area contributed by atoms with Crippen LogP contribution in [0.5, 0.6) is 5.75 Å². The molecule has 0 radical (unpaired) electrons. The maximum absolute atomic E-state index is 13.0. The number of methoxy groups -OCH3 is 1. The molecule has 2 aromatic heterocycles. The van der Waals surface area contributed by atoms with Gasteiger partial charge < -0.3 is 14.6 Å². The Kier molecular flexibility index (Phi) is 5.89. The standard InChI is InChI=1S/C28H25N5O2/c1-33(2)20-12-8-18(9-13-20)17-29-32-28(34)25-16-23-22-6-4-5-7-24(22)30-27(23)26(31-25)19-10-14-21(35-3)15-11-19/h4-17,30H,1-3H3,(H,32,34)/b29-17+. The first kappa shape index (κ1) is 22.2. The van der Waals surface area contributed by atoms with Crippen LogP contribution in [0.25, 0.3) is 33.1 Å². The van der Waals surface area contributed by atoms with E-state index in [-0.39, 0.29) is 11.6 Å². The molecule has 5 aromatic rings. The smallest absolute Gasteiger partial charge is 0.289 e. The van der Waals surface area contributed by atoms with Crippen LogP contribution in [0.3, 0.4) is 0 Å². The van der Waals surface area contributed by atoms with Crippen LogP contribution in [0.2, 0.25) is 0 Å². The summed E-state index contributed by atoms with van der Waals surface area (Å²) in [6, 6.07) is 25.3. The molecule has 7 nitrogen and oxygen atoms in total. The van der Waals surface area contributed by atoms with Crippen LogP contribution >= 0.6 is 0 Å². The summed E-state index contributed by atoms with van der Waals surface area (Å²) in [4.78, 5) is 23.2. The van der Waals surface area contributed by atoms with E-state index in [1.165, 1.54) is 0 Å². The van der Waals surface area contributed by atoms with Gasteiger partial charge in [-0.15, -0.1) is 0 Å². The lowest BCUT2D eigenvalue weighted by Crippen LogP contribution is -2.19. The predicted octanol–water partition coefficient (Wildman–Crippen LogP) is 5.22. The number of pyridine rings is 1. The SMILES string of the molecule is COc1ccc(-c2nc(C(=O)N/N=C/c3ccc(N(C)C)cc3)cc3c2[nH]c2ccccc23)cc1. The van der Waals surface area contributed by atoms with Gasteiger partial charge in [0.2, 0.25) is 0 Å². The lowest BCUT2D eigenvalue weighted by atomic mass is 10.1. The number of H-pyrrole nitrogens is 1. The molecule has 2 heterocycles. The molecule has 3 aromatic carbocycles. The Bertz CT molecular complexity index is 1530. The number of carbonyl (C=O) groups excluding carboxylic acids is 1. The topological polar surface area (TPSA) is 82.6 Å². The monoisotopic (exact) mass is 463 g/mol. The maximum atomic E-state index is 13.0. The predicted molar refractivity (Wildman–Crippen MR) is 141 cm³/mol. The van der Waals surface area contributed by atoms with Crippen LogP contribution in [0.4, 0.5) is 5.69 Å². The molecule has 174 valence electrons. The van der Waals surface area contributed by atoms with E-state index in [1.54, 1.807) is 19.4 Å². The highest BCUT2D eigenvalue weighted by Gasteiger charge is 2.17. The van der Waals surface area contributed by atoms with Crippen molar-refractivity contribution in [2.24, 2.45) is 5.10 Å². The lowest BCUT2D eigenvalue weighted by Gasteiger charge is -2.11. The zero-order chi connectivity index (χ0) is 24.4. The van der Waals surface area contributed by atoms with Crippen molar-refractivity contribution in [2.45, 2.75) is 0 Å². The number of hydrogen-bond donors (Lipinski definition) is 2. The number of anilines is 1. The van der Waals surface area contributed by atoms with Crippen molar-refractivity contribution < 1.29 is 9.53 Å². The van der Waals surface area contributed by atoms with Crippen molar-refractivity contribution in [3.63, 3.8) is 0 Å². The molecule has 0 fully saturated rings. The molecule has 5 rings (SSSR count). The molecule has 0 bridgehead atoms. The van der Waals surface area contributed by atoms with Crippen molar-refractivity contribution >= 4 is 39.6 Å². The summed E-state index contributed by atoms with van der Waals surface area (Å²) >= 11 is 0. The van der Waals surface area contributed by atoms with Crippen molar-refractivity contribution in [3.05, 3.63) is 90.1 Å². The molecule has 0 unspecified atom stereocenters. The number of ether oxygens (including phenoxy) is 1. The van der Waals surface area contributed by atoms with E-state index in [0.717, 1.165) is 44.4 Å². The third-order valence-corrected chi connectivity index (χ3v) is 5.88. The quantitative estimate of drug-likeness (QED) is 0.267. The van der Waals surface area contributed by atoms with Gasteiger partial charge in [-0.25, -0.2) is 10.4 Å². The van der Waals surface area contributed by atoms with Crippen molar-refractivity contribution in [1.29, 1.82) is 0 Å². The normalized spacial score (nSPS) is 11.3. The molecule has 0 aliphatic heterocycles. The third kappa shape index (κ3) is 4.44. The van der Waals surface area contributed by atoms with Gasteiger partial charge in [0.05, 0.1) is 24.5 Å². The van der Waals surface area contributed by atoms with E-state index in [9.17, 15) is 4.79 Å². The molecule has 0 aliphatic rings. The number of hydrazone groups is 1. The number of fused-ring (bicyclic) bond motifs is 3. The van der Waals surface area contributed by atoms with Crippen LogP contribution < -0.4 is 15.1 Å². The summed E-state index contributed by atoms with van der Waals surface area (Å²) in [5.74, 6) is 0.372. The lowest BCUT2D eigenvalue weighted by molar-refractivity contribution is 0.0950. The number of rotatable bonds is 6. The Morgan fingerprint density at radius 1 is 1.00 bits per heavy atom. The Morgan fingerprint density at radius 3 is 2.46 bits per heavy atom. The zero-order valence-electron chi connectivity index (χ0n) is 19.7. The molecule has 0 atom stereocenters. The Labute approximate surface area is 203 Å². The second kappa shape index (κ2) is 9.30. The molecule has 0 saturated carbocycles. The first-order valence-electron chi connectivity index (χ1n) is 11.2. The van der Waals surface area contributed by atoms with E-state index >= 15 is 0 Å². The van der Waals surface area contributed by atoms with E-state index in [0.29, 0.717) is 5.69 Å². The largest absolute Gasteiger partial charge is 0.497 e. The van der Waals surface area contributed by atoms with Gasteiger partial charge >= 0.3 is 0 Å².